The molecule has 4 rings (SSSR count). The summed E-state index contributed by atoms with van der Waals surface area (Å²) in [4.78, 5) is 8.25. The average molecular weight is 534 g/mol. The zero-order valence-corrected chi connectivity index (χ0v) is 21.8. The van der Waals surface area contributed by atoms with E-state index in [1.165, 1.54) is 24.5 Å². The van der Waals surface area contributed by atoms with E-state index >= 15 is 0 Å². The fourth-order valence-corrected chi connectivity index (χ4v) is 4.10. The number of nitrogens with one attached hydrogen (secondary N) is 2. The van der Waals surface area contributed by atoms with Crippen molar-refractivity contribution < 1.29 is 13.2 Å². The van der Waals surface area contributed by atoms with Gasteiger partial charge in [-0.2, -0.15) is 14.9 Å². The second-order valence-corrected chi connectivity index (χ2v) is 10.2. The SMILES string of the molecule is Cc1nc(F)ccc1C(Nc1cc(C#N)c2ncc(C#N)c(NCC(C)(C)C)c2c1)c1cn(CC(F)F)nn1. The van der Waals surface area contributed by atoms with Gasteiger partial charge in [-0.1, -0.05) is 32.1 Å². The van der Waals surface area contributed by atoms with Gasteiger partial charge in [-0.05, 0) is 30.5 Å². The summed E-state index contributed by atoms with van der Waals surface area (Å²) >= 11 is 0. The second-order valence-electron chi connectivity index (χ2n) is 10.2. The van der Waals surface area contributed by atoms with E-state index in [-0.39, 0.29) is 11.0 Å². The molecule has 0 amide bonds. The highest BCUT2D eigenvalue weighted by Gasteiger charge is 2.23. The molecule has 0 bridgehead atoms. The Hall–Kier alpha value is -4.71. The molecule has 12 heteroatoms. The summed E-state index contributed by atoms with van der Waals surface area (Å²) in [6, 6.07) is 9.60. The Morgan fingerprint density at radius 1 is 1.10 bits per heavy atom. The number of nitriles is 2. The van der Waals surface area contributed by atoms with Crippen LogP contribution in [-0.2, 0) is 6.54 Å². The molecule has 9 nitrogen and oxygen atoms in total. The summed E-state index contributed by atoms with van der Waals surface area (Å²) in [5, 5.41) is 34.7. The lowest BCUT2D eigenvalue weighted by Gasteiger charge is -2.22. The van der Waals surface area contributed by atoms with Crippen LogP contribution in [0.5, 0.6) is 0 Å². The number of halogens is 3. The van der Waals surface area contributed by atoms with E-state index in [4.69, 9.17) is 0 Å². The molecule has 1 unspecified atom stereocenters. The third-order valence-electron chi connectivity index (χ3n) is 5.90. The first kappa shape index (κ1) is 27.3. The lowest BCUT2D eigenvalue weighted by atomic mass is 9.96. The van der Waals surface area contributed by atoms with Gasteiger partial charge in [0.1, 0.15) is 24.4 Å². The maximum absolute atomic E-state index is 13.8. The maximum atomic E-state index is 13.8. The van der Waals surface area contributed by atoms with Crippen LogP contribution in [0.2, 0.25) is 0 Å². The molecule has 39 heavy (non-hydrogen) atoms. The highest BCUT2D eigenvalue weighted by Crippen LogP contribution is 2.34. The van der Waals surface area contributed by atoms with Crippen LogP contribution in [-0.4, -0.2) is 37.9 Å². The van der Waals surface area contributed by atoms with Crippen molar-refractivity contribution in [1.29, 1.82) is 10.5 Å². The fraction of sp³-hybridized carbons (Fsp3) is 0.333. The molecular weight excluding hydrogens is 507 g/mol. The predicted octanol–water partition coefficient (Wildman–Crippen LogP) is 5.34. The van der Waals surface area contributed by atoms with Crippen LogP contribution in [0.25, 0.3) is 10.9 Å². The first-order valence-corrected chi connectivity index (χ1v) is 12.1. The molecule has 3 heterocycles. The van der Waals surface area contributed by atoms with Crippen LogP contribution in [0.4, 0.5) is 24.5 Å². The molecule has 2 N–H and O–H groups in total. The highest BCUT2D eigenvalue weighted by molar-refractivity contribution is 5.99. The molecule has 0 fully saturated rings. The van der Waals surface area contributed by atoms with E-state index in [9.17, 15) is 23.7 Å². The largest absolute Gasteiger partial charge is 0.383 e. The molecular formula is C27H26F3N9. The van der Waals surface area contributed by atoms with Crippen molar-refractivity contribution >= 4 is 22.3 Å². The smallest absolute Gasteiger partial charge is 0.257 e. The minimum atomic E-state index is -2.63. The van der Waals surface area contributed by atoms with Crippen LogP contribution < -0.4 is 10.6 Å². The number of anilines is 2. The maximum Gasteiger partial charge on any atom is 0.257 e. The number of nitrogens with zero attached hydrogens (tertiary/aromatic N) is 7. The molecule has 0 spiro atoms. The Balaban J connectivity index is 1.86. The van der Waals surface area contributed by atoms with Crippen molar-refractivity contribution in [2.75, 3.05) is 17.2 Å². The molecule has 1 atom stereocenters. The number of alkyl halides is 2. The minimum Gasteiger partial charge on any atom is -0.383 e. The molecule has 0 aliphatic carbocycles. The molecule has 3 aromatic heterocycles. The van der Waals surface area contributed by atoms with E-state index < -0.39 is 25.0 Å². The Morgan fingerprint density at radius 3 is 2.49 bits per heavy atom. The first-order chi connectivity index (χ1) is 18.5. The minimum absolute atomic E-state index is 0.0987. The molecule has 200 valence electrons. The number of hydrogen-bond acceptors (Lipinski definition) is 8. The van der Waals surface area contributed by atoms with E-state index in [1.807, 2.05) is 20.8 Å². The zero-order valence-electron chi connectivity index (χ0n) is 21.8. The quantitative estimate of drug-likeness (QED) is 0.291. The van der Waals surface area contributed by atoms with E-state index in [0.29, 0.717) is 51.3 Å². The third-order valence-corrected chi connectivity index (χ3v) is 5.90. The molecule has 0 aliphatic rings. The van der Waals surface area contributed by atoms with Gasteiger partial charge in [-0.3, -0.25) is 4.98 Å². The number of hydrogen-bond donors (Lipinski definition) is 2. The fourth-order valence-electron chi connectivity index (χ4n) is 4.10. The standard InChI is InChI=1S/C27H26F3N9/c1-15-19(5-6-23(30)35-15)26(21-12-39(38-37-21)13-22(28)29)36-18-7-16(9-31)24-20(8-18)25(17(10-32)11-33-24)34-14-27(2,3)4/h5-8,11-12,22,26,36H,13-14H2,1-4H3,(H,33,34). The van der Waals surface area contributed by atoms with E-state index in [2.05, 4.69) is 43.1 Å². The summed E-state index contributed by atoms with van der Waals surface area (Å²) in [6.45, 7) is 7.68. The van der Waals surface area contributed by atoms with Crippen LogP contribution >= 0.6 is 0 Å². The number of rotatable bonds is 8. The molecule has 0 saturated heterocycles. The van der Waals surface area contributed by atoms with E-state index in [1.54, 1.807) is 19.1 Å². The zero-order chi connectivity index (χ0) is 28.3. The number of benzene rings is 1. The van der Waals surface area contributed by atoms with Crippen molar-refractivity contribution in [3.8, 4) is 12.1 Å². The van der Waals surface area contributed by atoms with Gasteiger partial charge in [-0.15, -0.1) is 5.10 Å². The van der Waals surface area contributed by atoms with Crippen LogP contribution in [0.15, 0.2) is 36.7 Å². The summed E-state index contributed by atoms with van der Waals surface area (Å²) in [6.07, 6.45) is 0.184. The lowest BCUT2D eigenvalue weighted by molar-refractivity contribution is 0.121. The van der Waals surface area contributed by atoms with Gasteiger partial charge in [0.2, 0.25) is 5.95 Å². The van der Waals surface area contributed by atoms with Crippen molar-refractivity contribution in [1.82, 2.24) is 25.0 Å². The molecule has 1 aromatic carbocycles. The van der Waals surface area contributed by atoms with Gasteiger partial charge < -0.3 is 10.6 Å². The Kier molecular flexibility index (Phi) is 7.68. The van der Waals surface area contributed by atoms with Crippen molar-refractivity contribution in [2.24, 2.45) is 5.41 Å². The summed E-state index contributed by atoms with van der Waals surface area (Å²) in [5.74, 6) is -0.668. The summed E-state index contributed by atoms with van der Waals surface area (Å²) in [5.41, 5.74) is 3.08. The van der Waals surface area contributed by atoms with Crippen molar-refractivity contribution in [3.63, 3.8) is 0 Å². The third kappa shape index (κ3) is 6.24. The van der Waals surface area contributed by atoms with Crippen LogP contribution in [0, 0.1) is 40.9 Å². The van der Waals surface area contributed by atoms with Gasteiger partial charge in [0.05, 0.1) is 34.6 Å². The average Bonchev–Trinajstić information content (AvgIpc) is 3.32. The number of aromatic nitrogens is 5. The van der Waals surface area contributed by atoms with Crippen LogP contribution in [0.1, 0.15) is 54.9 Å². The monoisotopic (exact) mass is 533 g/mol. The normalized spacial score (nSPS) is 12.3. The first-order valence-electron chi connectivity index (χ1n) is 12.1. The van der Waals surface area contributed by atoms with Crippen molar-refractivity contribution in [3.05, 3.63) is 70.7 Å². The lowest BCUT2D eigenvalue weighted by Crippen LogP contribution is -2.20. The number of pyridine rings is 2. The van der Waals surface area contributed by atoms with Gasteiger partial charge in [0.25, 0.3) is 6.43 Å². The van der Waals surface area contributed by atoms with Gasteiger partial charge >= 0.3 is 0 Å². The van der Waals surface area contributed by atoms with Gasteiger partial charge in [0.15, 0.2) is 0 Å². The molecule has 0 aliphatic heterocycles. The summed E-state index contributed by atoms with van der Waals surface area (Å²) in [7, 11) is 0. The Labute approximate surface area is 223 Å². The number of aryl methyl sites for hydroxylation is 1. The molecule has 4 aromatic rings. The van der Waals surface area contributed by atoms with Crippen LogP contribution in [0.3, 0.4) is 0 Å². The van der Waals surface area contributed by atoms with E-state index in [0.717, 1.165) is 4.68 Å². The van der Waals surface area contributed by atoms with Crippen molar-refractivity contribution in [2.45, 2.75) is 46.7 Å². The number of fused-ring (bicyclic) bond motifs is 1. The second kappa shape index (κ2) is 11.0. The Morgan fingerprint density at radius 2 is 1.85 bits per heavy atom. The summed E-state index contributed by atoms with van der Waals surface area (Å²) < 4.78 is 40.7. The van der Waals surface area contributed by atoms with Gasteiger partial charge in [-0.25, -0.2) is 18.4 Å². The predicted molar refractivity (Wildman–Crippen MR) is 140 cm³/mol. The molecule has 0 radical (unpaired) electrons. The molecule has 0 saturated carbocycles. The Bertz CT molecular complexity index is 1590. The topological polar surface area (TPSA) is 128 Å². The highest BCUT2D eigenvalue weighted by atomic mass is 19.3. The van der Waals surface area contributed by atoms with Gasteiger partial charge in [0, 0.05) is 35.1 Å².